The Labute approximate surface area is 132 Å². The maximum absolute atomic E-state index is 12.4. The number of likely N-dealkylation sites (tertiary alicyclic amines) is 1. The second kappa shape index (κ2) is 5.97. The fourth-order valence-corrected chi connectivity index (χ4v) is 2.78. The molecule has 1 amide bonds. The minimum Gasteiger partial charge on any atom is -0.339 e. The van der Waals surface area contributed by atoms with E-state index in [1.54, 1.807) is 6.07 Å². The molecule has 0 saturated carbocycles. The molecule has 1 aromatic carbocycles. The van der Waals surface area contributed by atoms with Crippen molar-refractivity contribution in [2.24, 2.45) is 0 Å². The highest BCUT2D eigenvalue weighted by molar-refractivity contribution is 14.1. The van der Waals surface area contributed by atoms with Gasteiger partial charge >= 0.3 is 0 Å². The molecular formula is C14H18ClIN2O. The van der Waals surface area contributed by atoms with Gasteiger partial charge in [-0.1, -0.05) is 11.6 Å². The molecule has 3 nitrogen and oxygen atoms in total. The van der Waals surface area contributed by atoms with E-state index in [9.17, 15) is 4.79 Å². The second-order valence-electron chi connectivity index (χ2n) is 5.23. The third kappa shape index (κ3) is 3.41. The van der Waals surface area contributed by atoms with Gasteiger partial charge in [-0.25, -0.2) is 0 Å². The number of piperidine rings is 1. The number of carbonyl (C=O) groups is 1. The highest BCUT2D eigenvalue weighted by atomic mass is 127. The van der Waals surface area contributed by atoms with Crippen molar-refractivity contribution < 1.29 is 4.79 Å². The Kier molecular flexibility index (Phi) is 4.74. The summed E-state index contributed by atoms with van der Waals surface area (Å²) < 4.78 is 0.970. The van der Waals surface area contributed by atoms with E-state index in [4.69, 9.17) is 11.6 Å². The molecule has 0 radical (unpaired) electrons. The lowest BCUT2D eigenvalue weighted by atomic mass is 9.89. The van der Waals surface area contributed by atoms with E-state index in [0.717, 1.165) is 29.5 Å². The van der Waals surface area contributed by atoms with Crippen LogP contribution in [0, 0.1) is 3.57 Å². The number of rotatable bonds is 2. The van der Waals surface area contributed by atoms with E-state index < -0.39 is 0 Å². The van der Waals surface area contributed by atoms with Crippen LogP contribution in [0.2, 0.25) is 5.02 Å². The van der Waals surface area contributed by atoms with E-state index in [1.807, 2.05) is 24.1 Å². The summed E-state index contributed by atoms with van der Waals surface area (Å²) in [6.45, 7) is 3.79. The summed E-state index contributed by atoms with van der Waals surface area (Å²) in [6, 6.07) is 5.50. The van der Waals surface area contributed by atoms with Crippen molar-refractivity contribution in [3.63, 3.8) is 0 Å². The Morgan fingerprint density at radius 3 is 2.58 bits per heavy atom. The first-order chi connectivity index (χ1) is 8.95. The fourth-order valence-electron chi connectivity index (χ4n) is 2.27. The molecule has 1 aliphatic heterocycles. The molecule has 1 fully saturated rings. The van der Waals surface area contributed by atoms with Crippen molar-refractivity contribution >= 4 is 40.1 Å². The fraction of sp³-hybridized carbons (Fsp3) is 0.500. The van der Waals surface area contributed by atoms with Gasteiger partial charge in [-0.3, -0.25) is 4.79 Å². The number of hydrogen-bond donors (Lipinski definition) is 1. The molecule has 1 saturated heterocycles. The Bertz CT molecular complexity index is 484. The van der Waals surface area contributed by atoms with Gasteiger partial charge in [0.15, 0.2) is 0 Å². The zero-order chi connectivity index (χ0) is 14.0. The summed E-state index contributed by atoms with van der Waals surface area (Å²) in [5.41, 5.74) is 0.832. The van der Waals surface area contributed by atoms with E-state index in [0.29, 0.717) is 10.6 Å². The molecule has 104 valence electrons. The zero-order valence-electron chi connectivity index (χ0n) is 11.2. The van der Waals surface area contributed by atoms with E-state index in [-0.39, 0.29) is 11.4 Å². The summed E-state index contributed by atoms with van der Waals surface area (Å²) in [4.78, 5) is 14.3. The SMILES string of the molecule is CNC1(C)CCN(C(=O)c2ccc(I)c(Cl)c2)CC1. The summed E-state index contributed by atoms with van der Waals surface area (Å²) >= 11 is 8.24. The summed E-state index contributed by atoms with van der Waals surface area (Å²) in [5.74, 6) is 0.0800. The lowest BCUT2D eigenvalue weighted by molar-refractivity contribution is 0.0662. The molecule has 5 heteroatoms. The predicted molar refractivity (Wildman–Crippen MR) is 86.8 cm³/mol. The Hall–Kier alpha value is -0.330. The molecule has 19 heavy (non-hydrogen) atoms. The summed E-state index contributed by atoms with van der Waals surface area (Å²) in [6.07, 6.45) is 1.96. The molecule has 1 aliphatic rings. The van der Waals surface area contributed by atoms with Crippen LogP contribution in [0.4, 0.5) is 0 Å². The maximum Gasteiger partial charge on any atom is 0.253 e. The average Bonchev–Trinajstić information content (AvgIpc) is 2.42. The monoisotopic (exact) mass is 392 g/mol. The van der Waals surface area contributed by atoms with Gasteiger partial charge in [-0.2, -0.15) is 0 Å². The topological polar surface area (TPSA) is 32.3 Å². The van der Waals surface area contributed by atoms with Crippen molar-refractivity contribution in [1.29, 1.82) is 0 Å². The van der Waals surface area contributed by atoms with Gasteiger partial charge in [0.05, 0.1) is 5.02 Å². The smallest absolute Gasteiger partial charge is 0.253 e. The number of nitrogens with zero attached hydrogens (tertiary/aromatic N) is 1. The van der Waals surface area contributed by atoms with Crippen molar-refractivity contribution in [2.75, 3.05) is 20.1 Å². The van der Waals surface area contributed by atoms with Gasteiger partial charge < -0.3 is 10.2 Å². The van der Waals surface area contributed by atoms with Crippen LogP contribution in [-0.2, 0) is 0 Å². The largest absolute Gasteiger partial charge is 0.339 e. The van der Waals surface area contributed by atoms with Crippen molar-refractivity contribution in [1.82, 2.24) is 10.2 Å². The third-order valence-corrected chi connectivity index (χ3v) is 5.50. The standard InChI is InChI=1S/C14H18ClIN2O/c1-14(17-2)5-7-18(8-6-14)13(19)10-3-4-12(16)11(15)9-10/h3-4,9,17H,5-8H2,1-2H3. The van der Waals surface area contributed by atoms with Gasteiger partial charge in [0, 0.05) is 27.8 Å². The van der Waals surface area contributed by atoms with Crippen LogP contribution in [-0.4, -0.2) is 36.5 Å². The molecule has 1 aromatic rings. The molecule has 0 unspecified atom stereocenters. The minimum absolute atomic E-state index is 0.0800. The van der Waals surface area contributed by atoms with Crippen molar-refractivity contribution in [3.8, 4) is 0 Å². The average molecular weight is 393 g/mol. The van der Waals surface area contributed by atoms with Crippen LogP contribution in [0.1, 0.15) is 30.1 Å². The highest BCUT2D eigenvalue weighted by Crippen LogP contribution is 2.24. The first-order valence-corrected chi connectivity index (χ1v) is 7.84. The lowest BCUT2D eigenvalue weighted by Gasteiger charge is -2.39. The van der Waals surface area contributed by atoms with Crippen LogP contribution in [0.25, 0.3) is 0 Å². The lowest BCUT2D eigenvalue weighted by Crippen LogP contribution is -2.51. The van der Waals surface area contributed by atoms with Gasteiger partial charge in [-0.05, 0) is 67.6 Å². The van der Waals surface area contributed by atoms with E-state index in [2.05, 4.69) is 34.8 Å². The Balaban J connectivity index is 2.07. The van der Waals surface area contributed by atoms with Crippen molar-refractivity contribution in [3.05, 3.63) is 32.4 Å². The molecule has 1 N–H and O–H groups in total. The molecule has 0 bridgehead atoms. The third-order valence-electron chi connectivity index (χ3n) is 3.92. The van der Waals surface area contributed by atoms with Crippen LogP contribution < -0.4 is 5.32 Å². The number of carbonyl (C=O) groups excluding carboxylic acids is 1. The molecule has 0 spiro atoms. The van der Waals surface area contributed by atoms with Crippen LogP contribution in [0.5, 0.6) is 0 Å². The van der Waals surface area contributed by atoms with Crippen molar-refractivity contribution in [2.45, 2.75) is 25.3 Å². The summed E-state index contributed by atoms with van der Waals surface area (Å²) in [7, 11) is 1.98. The number of hydrogen-bond acceptors (Lipinski definition) is 2. The first kappa shape index (κ1) is 15.1. The number of benzene rings is 1. The first-order valence-electron chi connectivity index (χ1n) is 6.38. The van der Waals surface area contributed by atoms with Gasteiger partial charge in [0.1, 0.15) is 0 Å². The van der Waals surface area contributed by atoms with Gasteiger partial charge in [0.2, 0.25) is 0 Å². The van der Waals surface area contributed by atoms with Crippen LogP contribution in [0.3, 0.4) is 0 Å². The zero-order valence-corrected chi connectivity index (χ0v) is 14.1. The molecule has 1 heterocycles. The molecular weight excluding hydrogens is 375 g/mol. The van der Waals surface area contributed by atoms with E-state index >= 15 is 0 Å². The maximum atomic E-state index is 12.4. The van der Waals surface area contributed by atoms with Crippen LogP contribution in [0.15, 0.2) is 18.2 Å². The molecule has 0 aromatic heterocycles. The molecule has 0 atom stereocenters. The Morgan fingerprint density at radius 1 is 1.42 bits per heavy atom. The molecule has 0 aliphatic carbocycles. The quantitative estimate of drug-likeness (QED) is 0.784. The van der Waals surface area contributed by atoms with Gasteiger partial charge in [-0.15, -0.1) is 0 Å². The van der Waals surface area contributed by atoms with E-state index in [1.165, 1.54) is 0 Å². The molecule has 2 rings (SSSR count). The Morgan fingerprint density at radius 2 is 2.05 bits per heavy atom. The van der Waals surface area contributed by atoms with Crippen LogP contribution >= 0.6 is 34.2 Å². The second-order valence-corrected chi connectivity index (χ2v) is 6.80. The minimum atomic E-state index is 0.0800. The highest BCUT2D eigenvalue weighted by Gasteiger charge is 2.30. The number of halogens is 2. The van der Waals surface area contributed by atoms with Gasteiger partial charge in [0.25, 0.3) is 5.91 Å². The predicted octanol–water partition coefficient (Wildman–Crippen LogP) is 3.16. The number of amides is 1. The summed E-state index contributed by atoms with van der Waals surface area (Å²) in [5, 5.41) is 3.98. The number of nitrogens with one attached hydrogen (secondary N) is 1. The normalized spacial score (nSPS) is 18.4.